The molecule has 7 heteroatoms. The van der Waals surface area contributed by atoms with E-state index >= 15 is 0 Å². The van der Waals surface area contributed by atoms with Crippen molar-refractivity contribution in [2.45, 2.75) is 19.9 Å². The summed E-state index contributed by atoms with van der Waals surface area (Å²) in [7, 11) is 0. The first-order valence-electron chi connectivity index (χ1n) is 5.88. The molecule has 1 aromatic carbocycles. The van der Waals surface area contributed by atoms with Crippen LogP contribution in [0.15, 0.2) is 10.6 Å². The molecule has 0 aliphatic carbocycles. The fraction of sp³-hybridized carbons (Fsp3) is 0.333. The zero-order valence-electron chi connectivity index (χ0n) is 10.3. The molecule has 6 nitrogen and oxygen atoms in total. The molecule has 0 bridgehead atoms. The Labute approximate surface area is 114 Å². The molecule has 1 aliphatic heterocycles. The predicted octanol–water partition coefficient (Wildman–Crippen LogP) is 2.14. The summed E-state index contributed by atoms with van der Waals surface area (Å²) in [4.78, 5) is 4.22. The van der Waals surface area contributed by atoms with Crippen molar-refractivity contribution in [3.05, 3.63) is 22.5 Å². The van der Waals surface area contributed by atoms with Crippen molar-refractivity contribution in [3.63, 3.8) is 0 Å². The Bertz CT molecular complexity index is 627. The van der Waals surface area contributed by atoms with Gasteiger partial charge in [-0.2, -0.15) is 4.98 Å². The number of nitrogens with two attached hydrogens (primary N) is 1. The first-order chi connectivity index (χ1) is 9.24. The number of benzene rings is 1. The average molecular weight is 282 g/mol. The topological polar surface area (TPSA) is 83.4 Å². The fourth-order valence-electron chi connectivity index (χ4n) is 2.08. The molecular formula is C12H12ClN3O3. The maximum absolute atomic E-state index is 6.18. The monoisotopic (exact) mass is 281 g/mol. The summed E-state index contributed by atoms with van der Waals surface area (Å²) in [5, 5.41) is 4.38. The summed E-state index contributed by atoms with van der Waals surface area (Å²) < 4.78 is 15.9. The minimum absolute atomic E-state index is 0.172. The Hall–Kier alpha value is -1.79. The number of aromatic nitrogens is 2. The highest BCUT2D eigenvalue weighted by molar-refractivity contribution is 6.32. The summed E-state index contributed by atoms with van der Waals surface area (Å²) in [5.41, 5.74) is 7.19. The van der Waals surface area contributed by atoms with Gasteiger partial charge in [-0.3, -0.25) is 0 Å². The van der Waals surface area contributed by atoms with E-state index < -0.39 is 0 Å². The van der Waals surface area contributed by atoms with Gasteiger partial charge in [-0.1, -0.05) is 23.7 Å². The number of rotatable bonds is 3. The quantitative estimate of drug-likeness (QED) is 0.928. The molecule has 100 valence electrons. The summed E-state index contributed by atoms with van der Waals surface area (Å²) in [6, 6.07) is 1.76. The van der Waals surface area contributed by atoms with E-state index in [1.54, 1.807) is 6.07 Å². The van der Waals surface area contributed by atoms with Crippen LogP contribution in [-0.4, -0.2) is 16.9 Å². The van der Waals surface area contributed by atoms with Gasteiger partial charge in [0.1, 0.15) is 0 Å². The molecule has 3 rings (SSSR count). The lowest BCUT2D eigenvalue weighted by atomic mass is 10.0. The molecule has 2 aromatic rings. The lowest BCUT2D eigenvalue weighted by molar-refractivity contribution is 0.173. The molecule has 0 saturated heterocycles. The van der Waals surface area contributed by atoms with Gasteiger partial charge in [-0.15, -0.1) is 0 Å². The van der Waals surface area contributed by atoms with Crippen LogP contribution in [0.3, 0.4) is 0 Å². The zero-order chi connectivity index (χ0) is 13.4. The second-order valence-electron chi connectivity index (χ2n) is 4.02. The van der Waals surface area contributed by atoms with E-state index in [1.165, 1.54) is 0 Å². The smallest absolute Gasteiger partial charge is 0.240 e. The van der Waals surface area contributed by atoms with Gasteiger partial charge < -0.3 is 19.7 Å². The Balaban J connectivity index is 2.18. The minimum atomic E-state index is 0.172. The van der Waals surface area contributed by atoms with Crippen molar-refractivity contribution in [2.24, 2.45) is 5.73 Å². The number of hydrogen-bond acceptors (Lipinski definition) is 6. The maximum atomic E-state index is 6.18. The van der Waals surface area contributed by atoms with Crippen LogP contribution in [0.4, 0.5) is 0 Å². The Morgan fingerprint density at radius 2 is 2.16 bits per heavy atom. The van der Waals surface area contributed by atoms with Crippen LogP contribution >= 0.6 is 11.6 Å². The van der Waals surface area contributed by atoms with Crippen LogP contribution in [0, 0.1) is 0 Å². The van der Waals surface area contributed by atoms with Crippen LogP contribution in [0.1, 0.15) is 18.4 Å². The van der Waals surface area contributed by atoms with Gasteiger partial charge in [0.05, 0.1) is 11.6 Å². The van der Waals surface area contributed by atoms with Crippen molar-refractivity contribution < 1.29 is 14.0 Å². The summed E-state index contributed by atoms with van der Waals surface area (Å²) >= 11 is 6.18. The van der Waals surface area contributed by atoms with E-state index in [0.717, 1.165) is 17.5 Å². The van der Waals surface area contributed by atoms with E-state index in [-0.39, 0.29) is 13.3 Å². The van der Waals surface area contributed by atoms with Gasteiger partial charge in [-0.05, 0) is 12.5 Å². The molecule has 0 saturated carbocycles. The summed E-state index contributed by atoms with van der Waals surface area (Å²) in [6.45, 7) is 2.39. The van der Waals surface area contributed by atoms with Crippen molar-refractivity contribution in [1.82, 2.24) is 10.1 Å². The first-order valence-corrected chi connectivity index (χ1v) is 6.26. The second-order valence-corrected chi connectivity index (χ2v) is 4.43. The third-order valence-electron chi connectivity index (χ3n) is 2.94. The van der Waals surface area contributed by atoms with Gasteiger partial charge in [0, 0.05) is 11.1 Å². The molecule has 0 amide bonds. The molecule has 19 heavy (non-hydrogen) atoms. The molecule has 1 aliphatic rings. The van der Waals surface area contributed by atoms with Crippen LogP contribution in [-0.2, 0) is 13.0 Å². The van der Waals surface area contributed by atoms with Crippen LogP contribution < -0.4 is 15.2 Å². The van der Waals surface area contributed by atoms with Crippen molar-refractivity contribution in [2.75, 3.05) is 6.79 Å². The van der Waals surface area contributed by atoms with E-state index in [4.69, 9.17) is 31.3 Å². The van der Waals surface area contributed by atoms with E-state index in [0.29, 0.717) is 28.2 Å². The van der Waals surface area contributed by atoms with Gasteiger partial charge in [0.2, 0.25) is 18.5 Å². The molecule has 0 unspecified atom stereocenters. The average Bonchev–Trinajstić information content (AvgIpc) is 3.07. The molecule has 1 aromatic heterocycles. The van der Waals surface area contributed by atoms with E-state index in [1.807, 2.05) is 6.92 Å². The largest absolute Gasteiger partial charge is 0.453 e. The molecule has 0 radical (unpaired) electrons. The molecular weight excluding hydrogens is 270 g/mol. The Morgan fingerprint density at radius 3 is 2.84 bits per heavy atom. The number of fused-ring (bicyclic) bond motifs is 1. The van der Waals surface area contributed by atoms with Crippen LogP contribution in [0.2, 0.25) is 5.02 Å². The van der Waals surface area contributed by atoms with Gasteiger partial charge in [-0.25, -0.2) is 0 Å². The maximum Gasteiger partial charge on any atom is 0.240 e. The molecule has 0 fully saturated rings. The van der Waals surface area contributed by atoms with Crippen molar-refractivity contribution in [3.8, 4) is 22.9 Å². The summed E-state index contributed by atoms with van der Waals surface area (Å²) in [5.74, 6) is 2.07. The highest BCUT2D eigenvalue weighted by atomic mass is 35.5. The normalized spacial score (nSPS) is 13.0. The third-order valence-corrected chi connectivity index (χ3v) is 3.22. The van der Waals surface area contributed by atoms with E-state index in [2.05, 4.69) is 10.1 Å². The highest BCUT2D eigenvalue weighted by Gasteiger charge is 2.25. The van der Waals surface area contributed by atoms with Gasteiger partial charge in [0.25, 0.3) is 0 Å². The standard InChI is InChI=1S/C12H12ClN3O3/c1-2-6-7(12-15-9(4-14)19-16-12)3-8(13)11-10(6)17-5-18-11/h3H,2,4-5,14H2,1H3. The SMILES string of the molecule is CCc1c(-c2noc(CN)n2)cc(Cl)c2c1OCO2. The molecule has 2 heterocycles. The highest BCUT2D eigenvalue weighted by Crippen LogP contribution is 2.45. The third kappa shape index (κ3) is 1.93. The summed E-state index contributed by atoms with van der Waals surface area (Å²) in [6.07, 6.45) is 0.741. The van der Waals surface area contributed by atoms with Crippen molar-refractivity contribution in [1.29, 1.82) is 0 Å². The molecule has 2 N–H and O–H groups in total. The predicted molar refractivity (Wildman–Crippen MR) is 68.1 cm³/mol. The zero-order valence-corrected chi connectivity index (χ0v) is 11.0. The second kappa shape index (κ2) is 4.71. The number of hydrogen-bond donors (Lipinski definition) is 1. The fourth-order valence-corrected chi connectivity index (χ4v) is 2.33. The van der Waals surface area contributed by atoms with Crippen molar-refractivity contribution >= 4 is 11.6 Å². The van der Waals surface area contributed by atoms with Crippen LogP contribution in [0.25, 0.3) is 11.4 Å². The Kier molecular flexibility index (Phi) is 3.04. The number of halogens is 1. The van der Waals surface area contributed by atoms with Gasteiger partial charge in [0.15, 0.2) is 11.5 Å². The lowest BCUT2D eigenvalue weighted by Gasteiger charge is -2.09. The first kappa shape index (κ1) is 12.3. The lowest BCUT2D eigenvalue weighted by Crippen LogP contribution is -1.97. The molecule has 0 atom stereocenters. The number of nitrogens with zero attached hydrogens (tertiary/aromatic N) is 2. The van der Waals surface area contributed by atoms with Gasteiger partial charge >= 0.3 is 0 Å². The minimum Gasteiger partial charge on any atom is -0.453 e. The number of ether oxygens (including phenoxy) is 2. The Morgan fingerprint density at radius 1 is 1.37 bits per heavy atom. The van der Waals surface area contributed by atoms with Crippen LogP contribution in [0.5, 0.6) is 11.5 Å². The molecule has 0 spiro atoms. The van der Waals surface area contributed by atoms with E-state index in [9.17, 15) is 0 Å².